The molecule has 4 rings (SSSR count). The first-order valence-electron chi connectivity index (χ1n) is 8.40. The van der Waals surface area contributed by atoms with Gasteiger partial charge in [0.1, 0.15) is 11.5 Å². The van der Waals surface area contributed by atoms with E-state index in [1.807, 2.05) is 25.3 Å². The van der Waals surface area contributed by atoms with E-state index in [0.29, 0.717) is 16.4 Å². The van der Waals surface area contributed by atoms with Gasteiger partial charge in [0.05, 0.1) is 17.1 Å². The second-order valence-corrected chi connectivity index (χ2v) is 7.04. The normalized spacial score (nSPS) is 12.6. The van der Waals surface area contributed by atoms with Crippen molar-refractivity contribution in [2.45, 2.75) is 25.8 Å². The van der Waals surface area contributed by atoms with Gasteiger partial charge < -0.3 is 10.2 Å². The molecule has 11 heteroatoms. The van der Waals surface area contributed by atoms with Gasteiger partial charge in [-0.15, -0.1) is 26.6 Å². The van der Waals surface area contributed by atoms with Gasteiger partial charge in [-0.05, 0) is 30.7 Å². The number of rotatable bonds is 6. The molecule has 0 unspecified atom stereocenters. The van der Waals surface area contributed by atoms with Crippen LogP contribution in [0.3, 0.4) is 0 Å². The highest BCUT2D eigenvalue weighted by Crippen LogP contribution is 2.34. The van der Waals surface area contributed by atoms with Gasteiger partial charge in [-0.25, -0.2) is 9.67 Å². The Labute approximate surface area is 162 Å². The van der Waals surface area contributed by atoms with Crippen molar-refractivity contribution in [1.29, 1.82) is 0 Å². The van der Waals surface area contributed by atoms with Crippen molar-refractivity contribution in [3.05, 3.63) is 47.4 Å². The number of hydrogen-bond donors (Lipinski definition) is 1. The number of nitrogen functional groups attached to an aromatic ring is 1. The first-order chi connectivity index (χ1) is 13.5. The number of thiophene rings is 1. The van der Waals surface area contributed by atoms with Crippen LogP contribution in [0.1, 0.15) is 36.6 Å². The molecule has 4 aromatic heterocycles. The smallest absolute Gasteiger partial charge is 0.314 e. The van der Waals surface area contributed by atoms with E-state index in [1.165, 1.54) is 11.3 Å². The zero-order valence-corrected chi connectivity index (χ0v) is 15.5. The number of hydrogen-bond acceptors (Lipinski definition) is 8. The van der Waals surface area contributed by atoms with Crippen LogP contribution in [0.5, 0.6) is 0 Å². The maximum Gasteiger partial charge on any atom is 0.314 e. The van der Waals surface area contributed by atoms with E-state index < -0.39 is 12.3 Å². The highest BCUT2D eigenvalue weighted by molar-refractivity contribution is 7.15. The summed E-state index contributed by atoms with van der Waals surface area (Å²) in [6, 6.07) is 7.13. The van der Waals surface area contributed by atoms with Crippen LogP contribution in [0.15, 0.2) is 41.1 Å². The molecule has 8 nitrogen and oxygen atoms in total. The first-order valence-corrected chi connectivity index (χ1v) is 9.22. The number of halogens is 2. The average Bonchev–Trinajstić information content (AvgIpc) is 3.43. The van der Waals surface area contributed by atoms with Gasteiger partial charge in [0.25, 0.3) is 11.8 Å². The molecule has 0 aromatic carbocycles. The van der Waals surface area contributed by atoms with Crippen molar-refractivity contribution in [1.82, 2.24) is 30.2 Å². The van der Waals surface area contributed by atoms with Crippen molar-refractivity contribution >= 4 is 17.2 Å². The molecule has 0 amide bonds. The predicted molar refractivity (Wildman–Crippen MR) is 98.7 cm³/mol. The van der Waals surface area contributed by atoms with Gasteiger partial charge >= 0.3 is 6.43 Å². The topological polar surface area (TPSA) is 109 Å². The van der Waals surface area contributed by atoms with Crippen LogP contribution in [0.25, 0.3) is 22.0 Å². The highest BCUT2D eigenvalue weighted by Gasteiger charge is 2.21. The summed E-state index contributed by atoms with van der Waals surface area (Å²) in [6.45, 7) is 2.03. The van der Waals surface area contributed by atoms with E-state index in [0.717, 1.165) is 16.9 Å². The van der Waals surface area contributed by atoms with E-state index >= 15 is 0 Å². The molecule has 0 fully saturated rings. The number of aromatic nitrogens is 6. The Kier molecular flexibility index (Phi) is 4.82. The van der Waals surface area contributed by atoms with Gasteiger partial charge in [0.15, 0.2) is 0 Å². The maximum atomic E-state index is 12.6. The lowest BCUT2D eigenvalue weighted by atomic mass is 10.2. The summed E-state index contributed by atoms with van der Waals surface area (Å²) in [7, 11) is 0. The van der Waals surface area contributed by atoms with Crippen molar-refractivity contribution in [3.8, 4) is 22.0 Å². The molecule has 0 aliphatic carbocycles. The number of nitrogens with zero attached hydrogens (tertiary/aromatic N) is 6. The van der Waals surface area contributed by atoms with Gasteiger partial charge in [-0.3, -0.25) is 0 Å². The fourth-order valence-corrected chi connectivity index (χ4v) is 3.81. The Bertz CT molecular complexity index is 1070. The lowest BCUT2D eigenvalue weighted by Gasteiger charge is -2.12. The Hall–Kier alpha value is -3.21. The molecule has 0 saturated carbocycles. The molecule has 4 aromatic rings. The fourth-order valence-electron chi connectivity index (χ4n) is 2.71. The van der Waals surface area contributed by atoms with Crippen molar-refractivity contribution in [2.75, 3.05) is 5.73 Å². The minimum Gasteiger partial charge on any atom is -0.414 e. The molecule has 0 saturated heterocycles. The SMILES string of the molecule is CC[C@@H](c1ccc(-c2nnc(C(F)F)o2)s1)n1cc(-c2ccc(N)nc2)nn1. The maximum absolute atomic E-state index is 12.6. The summed E-state index contributed by atoms with van der Waals surface area (Å²) in [4.78, 5) is 5.66. The molecule has 2 N–H and O–H groups in total. The fraction of sp³-hybridized carbons (Fsp3) is 0.235. The second-order valence-electron chi connectivity index (χ2n) is 5.93. The third-order valence-electron chi connectivity index (χ3n) is 4.09. The Morgan fingerprint density at radius 3 is 2.71 bits per heavy atom. The molecular weight excluding hydrogens is 388 g/mol. The lowest BCUT2D eigenvalue weighted by Crippen LogP contribution is -2.08. The zero-order chi connectivity index (χ0) is 19.7. The van der Waals surface area contributed by atoms with Crippen LogP contribution in [0.2, 0.25) is 0 Å². The van der Waals surface area contributed by atoms with E-state index in [9.17, 15) is 8.78 Å². The second kappa shape index (κ2) is 7.43. The highest BCUT2D eigenvalue weighted by atomic mass is 32.1. The molecular formula is C17H15F2N7OS. The summed E-state index contributed by atoms with van der Waals surface area (Å²) < 4.78 is 32.1. The Balaban J connectivity index is 1.59. The minimum atomic E-state index is -2.79. The first kappa shape index (κ1) is 18.2. The number of nitrogens with two attached hydrogens (primary N) is 1. The van der Waals surface area contributed by atoms with Crippen LogP contribution in [-0.2, 0) is 0 Å². The molecule has 0 bridgehead atoms. The summed E-state index contributed by atoms with van der Waals surface area (Å²) in [5.74, 6) is -0.173. The number of alkyl halides is 2. The quantitative estimate of drug-likeness (QED) is 0.519. The van der Waals surface area contributed by atoms with Gasteiger partial charge in [0, 0.05) is 16.6 Å². The summed E-state index contributed by atoms with van der Waals surface area (Å²) in [5, 5.41) is 15.5. The zero-order valence-electron chi connectivity index (χ0n) is 14.7. The van der Waals surface area contributed by atoms with E-state index in [2.05, 4.69) is 25.5 Å². The number of pyridine rings is 1. The molecule has 0 radical (unpaired) electrons. The minimum absolute atomic E-state index is 0.0702. The monoisotopic (exact) mass is 403 g/mol. The predicted octanol–water partition coefficient (Wildman–Crippen LogP) is 3.97. The molecule has 1 atom stereocenters. The van der Waals surface area contributed by atoms with Crippen LogP contribution < -0.4 is 5.73 Å². The largest absolute Gasteiger partial charge is 0.414 e. The van der Waals surface area contributed by atoms with E-state index in [4.69, 9.17) is 10.2 Å². The Morgan fingerprint density at radius 1 is 1.18 bits per heavy atom. The van der Waals surface area contributed by atoms with Crippen molar-refractivity contribution in [3.63, 3.8) is 0 Å². The lowest BCUT2D eigenvalue weighted by molar-refractivity contribution is 0.116. The van der Waals surface area contributed by atoms with Gasteiger partial charge in [-0.2, -0.15) is 8.78 Å². The van der Waals surface area contributed by atoms with E-state index in [1.54, 1.807) is 23.0 Å². The van der Waals surface area contributed by atoms with Gasteiger partial charge in [-0.1, -0.05) is 12.1 Å². The Morgan fingerprint density at radius 2 is 2.04 bits per heavy atom. The molecule has 0 aliphatic heterocycles. The summed E-state index contributed by atoms with van der Waals surface area (Å²) in [5.41, 5.74) is 7.11. The van der Waals surface area contributed by atoms with Crippen molar-refractivity contribution < 1.29 is 13.2 Å². The standard InChI is InChI=1S/C17H15F2N7OS/c1-2-11(26-8-10(22-25-26)9-3-6-14(20)21-7-9)12-4-5-13(28-12)16-23-24-17(27-16)15(18)19/h3-8,11,15H,2H2,1H3,(H2,20,21)/t11-/m0/s1. The molecule has 0 aliphatic rings. The molecule has 4 heterocycles. The third-order valence-corrected chi connectivity index (χ3v) is 5.27. The summed E-state index contributed by atoms with van der Waals surface area (Å²) >= 11 is 1.39. The number of anilines is 1. The average molecular weight is 403 g/mol. The van der Waals surface area contributed by atoms with Crippen LogP contribution in [0.4, 0.5) is 14.6 Å². The van der Waals surface area contributed by atoms with Crippen LogP contribution >= 0.6 is 11.3 Å². The van der Waals surface area contributed by atoms with Crippen LogP contribution in [0, 0.1) is 0 Å². The molecule has 144 valence electrons. The van der Waals surface area contributed by atoms with E-state index in [-0.39, 0.29) is 11.9 Å². The van der Waals surface area contributed by atoms with Gasteiger partial charge in [0.2, 0.25) is 0 Å². The van der Waals surface area contributed by atoms with Crippen molar-refractivity contribution in [2.24, 2.45) is 0 Å². The third kappa shape index (κ3) is 3.48. The summed E-state index contributed by atoms with van der Waals surface area (Å²) in [6.07, 6.45) is 1.45. The molecule has 28 heavy (non-hydrogen) atoms. The molecule has 0 spiro atoms. The van der Waals surface area contributed by atoms with Crippen LogP contribution in [-0.4, -0.2) is 30.2 Å².